The molecule has 0 amide bonds. The largest absolute Gasteiger partial charge is 0.365 e. The number of imidazole rings is 1. The summed E-state index contributed by atoms with van der Waals surface area (Å²) < 4.78 is 15.0. The predicted molar refractivity (Wildman–Crippen MR) is 96.9 cm³/mol. The summed E-state index contributed by atoms with van der Waals surface area (Å²) in [7, 11) is 0. The van der Waals surface area contributed by atoms with E-state index in [0.717, 1.165) is 22.6 Å². The lowest BCUT2D eigenvalue weighted by atomic mass is 10.1. The van der Waals surface area contributed by atoms with E-state index in [-0.39, 0.29) is 5.82 Å². The minimum Gasteiger partial charge on any atom is -0.365 e. The first-order chi connectivity index (χ1) is 12.2. The molecule has 0 bridgehead atoms. The van der Waals surface area contributed by atoms with Crippen molar-refractivity contribution in [3.63, 3.8) is 0 Å². The third-order valence-electron chi connectivity index (χ3n) is 4.07. The highest BCUT2D eigenvalue weighted by molar-refractivity contribution is 5.75. The van der Waals surface area contributed by atoms with E-state index in [2.05, 4.69) is 34.3 Å². The lowest BCUT2D eigenvalue weighted by Crippen LogP contribution is -2.03. The van der Waals surface area contributed by atoms with Gasteiger partial charge in [0.25, 0.3) is 0 Å². The molecule has 0 saturated heterocycles. The normalized spacial score (nSPS) is 11.0. The van der Waals surface area contributed by atoms with Crippen LogP contribution in [0.1, 0.15) is 11.1 Å². The molecular formula is C20H17FN4. The van der Waals surface area contributed by atoms with Crippen LogP contribution in [0.3, 0.4) is 0 Å². The molecule has 2 heterocycles. The molecule has 0 radical (unpaired) electrons. The number of hydrogen-bond donors (Lipinski definition) is 1. The highest BCUT2D eigenvalue weighted by atomic mass is 19.1. The fraction of sp³-hybridized carbons (Fsp3) is 0.100. The van der Waals surface area contributed by atoms with Crippen molar-refractivity contribution in [1.29, 1.82) is 0 Å². The van der Waals surface area contributed by atoms with Gasteiger partial charge >= 0.3 is 0 Å². The fourth-order valence-electron chi connectivity index (χ4n) is 2.84. The number of rotatable bonds is 4. The van der Waals surface area contributed by atoms with Gasteiger partial charge in [-0.3, -0.25) is 4.40 Å². The number of benzene rings is 2. The van der Waals surface area contributed by atoms with Crippen LogP contribution in [0.5, 0.6) is 0 Å². The van der Waals surface area contributed by atoms with Crippen LogP contribution < -0.4 is 5.32 Å². The third-order valence-corrected chi connectivity index (χ3v) is 4.07. The lowest BCUT2D eigenvalue weighted by molar-refractivity contribution is 0.627. The van der Waals surface area contributed by atoms with Gasteiger partial charge in [-0.05, 0) is 36.8 Å². The molecule has 25 heavy (non-hydrogen) atoms. The molecule has 4 nitrogen and oxygen atoms in total. The first-order valence-corrected chi connectivity index (χ1v) is 8.09. The van der Waals surface area contributed by atoms with E-state index < -0.39 is 0 Å². The standard InChI is InChI=1S/C20H17FN4/c1-14-4-2-5-16(12-14)18-19(25-11-3-10-22-20(25)24-18)23-13-15-6-8-17(21)9-7-15/h2-12,23H,13H2,1H3. The Kier molecular flexibility index (Phi) is 3.90. The summed E-state index contributed by atoms with van der Waals surface area (Å²) in [6, 6.07) is 16.6. The Balaban J connectivity index is 1.75. The number of aromatic nitrogens is 3. The molecule has 4 rings (SSSR count). The molecule has 5 heteroatoms. The lowest BCUT2D eigenvalue weighted by Gasteiger charge is -2.09. The maximum Gasteiger partial charge on any atom is 0.235 e. The van der Waals surface area contributed by atoms with E-state index >= 15 is 0 Å². The molecule has 1 N–H and O–H groups in total. The number of fused-ring (bicyclic) bond motifs is 1. The Morgan fingerprint density at radius 1 is 1.08 bits per heavy atom. The summed E-state index contributed by atoms with van der Waals surface area (Å²) in [4.78, 5) is 9.02. The maximum absolute atomic E-state index is 13.1. The topological polar surface area (TPSA) is 42.2 Å². The fourth-order valence-corrected chi connectivity index (χ4v) is 2.84. The number of nitrogens with zero attached hydrogens (tertiary/aromatic N) is 3. The second kappa shape index (κ2) is 6.36. The smallest absolute Gasteiger partial charge is 0.235 e. The quantitative estimate of drug-likeness (QED) is 0.600. The summed E-state index contributed by atoms with van der Waals surface area (Å²) in [5.74, 6) is 1.28. The number of hydrogen-bond acceptors (Lipinski definition) is 3. The van der Waals surface area contributed by atoms with Gasteiger partial charge in [-0.25, -0.2) is 14.4 Å². The Labute approximate surface area is 145 Å². The van der Waals surface area contributed by atoms with Crippen LogP contribution >= 0.6 is 0 Å². The van der Waals surface area contributed by atoms with E-state index in [1.54, 1.807) is 18.3 Å². The molecule has 0 saturated carbocycles. The zero-order valence-electron chi connectivity index (χ0n) is 13.8. The summed E-state index contributed by atoms with van der Waals surface area (Å²) in [6.07, 6.45) is 3.66. The number of aryl methyl sites for hydroxylation is 1. The average molecular weight is 332 g/mol. The monoisotopic (exact) mass is 332 g/mol. The van der Waals surface area contributed by atoms with Crippen molar-refractivity contribution in [2.75, 3.05) is 5.32 Å². The number of nitrogens with one attached hydrogen (secondary N) is 1. The minimum absolute atomic E-state index is 0.233. The molecule has 2 aromatic carbocycles. The van der Waals surface area contributed by atoms with Gasteiger partial charge in [-0.15, -0.1) is 0 Å². The van der Waals surface area contributed by atoms with Crippen LogP contribution in [0.4, 0.5) is 10.2 Å². The predicted octanol–water partition coefficient (Wildman–Crippen LogP) is 4.46. The SMILES string of the molecule is Cc1cccc(-c2nc3ncccn3c2NCc2ccc(F)cc2)c1. The maximum atomic E-state index is 13.1. The van der Waals surface area contributed by atoms with E-state index in [0.29, 0.717) is 12.3 Å². The van der Waals surface area contributed by atoms with Crippen LogP contribution in [-0.4, -0.2) is 14.4 Å². The summed E-state index contributed by atoms with van der Waals surface area (Å²) in [5, 5.41) is 3.43. The minimum atomic E-state index is -0.233. The summed E-state index contributed by atoms with van der Waals surface area (Å²) >= 11 is 0. The number of halogens is 1. The van der Waals surface area contributed by atoms with Crippen molar-refractivity contribution >= 4 is 11.6 Å². The average Bonchev–Trinajstić information content (AvgIpc) is 3.00. The first kappa shape index (κ1) is 15.3. The molecule has 0 spiro atoms. The van der Waals surface area contributed by atoms with Gasteiger partial charge in [0.1, 0.15) is 17.3 Å². The van der Waals surface area contributed by atoms with Gasteiger partial charge in [0.2, 0.25) is 5.78 Å². The molecule has 0 aliphatic rings. The van der Waals surface area contributed by atoms with Crippen molar-refractivity contribution in [1.82, 2.24) is 14.4 Å². The molecule has 0 atom stereocenters. The van der Waals surface area contributed by atoms with Crippen LogP contribution in [0, 0.1) is 12.7 Å². The molecule has 0 fully saturated rings. The van der Waals surface area contributed by atoms with E-state index in [9.17, 15) is 4.39 Å². The van der Waals surface area contributed by atoms with Gasteiger partial charge in [0.05, 0.1) is 0 Å². The Bertz CT molecular complexity index is 1020. The zero-order valence-corrected chi connectivity index (χ0v) is 13.8. The van der Waals surface area contributed by atoms with Crippen molar-refractivity contribution in [2.24, 2.45) is 0 Å². The highest BCUT2D eigenvalue weighted by Crippen LogP contribution is 2.29. The van der Waals surface area contributed by atoms with Crippen LogP contribution in [0.15, 0.2) is 67.0 Å². The molecule has 2 aromatic heterocycles. The van der Waals surface area contributed by atoms with E-state index in [1.165, 1.54) is 17.7 Å². The first-order valence-electron chi connectivity index (χ1n) is 8.09. The van der Waals surface area contributed by atoms with E-state index in [1.807, 2.05) is 28.8 Å². The molecule has 0 aliphatic carbocycles. The third kappa shape index (κ3) is 3.08. The number of anilines is 1. The van der Waals surface area contributed by atoms with Crippen molar-refractivity contribution < 1.29 is 4.39 Å². The molecular weight excluding hydrogens is 315 g/mol. The van der Waals surface area contributed by atoms with Gasteiger partial charge < -0.3 is 5.32 Å². The summed E-state index contributed by atoms with van der Waals surface area (Å²) in [5.41, 5.74) is 4.05. The van der Waals surface area contributed by atoms with Gasteiger partial charge in [-0.1, -0.05) is 35.9 Å². The van der Waals surface area contributed by atoms with E-state index in [4.69, 9.17) is 0 Å². The van der Waals surface area contributed by atoms with Gasteiger partial charge in [-0.2, -0.15) is 0 Å². The Hall–Kier alpha value is -3.21. The van der Waals surface area contributed by atoms with Crippen LogP contribution in [0.2, 0.25) is 0 Å². The Morgan fingerprint density at radius 2 is 1.92 bits per heavy atom. The van der Waals surface area contributed by atoms with Crippen molar-refractivity contribution in [3.8, 4) is 11.3 Å². The van der Waals surface area contributed by atoms with Crippen molar-refractivity contribution in [2.45, 2.75) is 13.5 Å². The second-order valence-corrected chi connectivity index (χ2v) is 5.95. The van der Waals surface area contributed by atoms with Crippen LogP contribution in [-0.2, 0) is 6.54 Å². The second-order valence-electron chi connectivity index (χ2n) is 5.95. The summed E-state index contributed by atoms with van der Waals surface area (Å²) in [6.45, 7) is 2.63. The molecule has 0 unspecified atom stereocenters. The van der Waals surface area contributed by atoms with Crippen LogP contribution in [0.25, 0.3) is 17.0 Å². The Morgan fingerprint density at radius 3 is 2.72 bits per heavy atom. The zero-order chi connectivity index (χ0) is 17.2. The molecule has 4 aromatic rings. The van der Waals surface area contributed by atoms with Gasteiger partial charge in [0.15, 0.2) is 0 Å². The molecule has 0 aliphatic heterocycles. The molecule has 124 valence electrons. The highest BCUT2D eigenvalue weighted by Gasteiger charge is 2.14. The van der Waals surface area contributed by atoms with Gasteiger partial charge in [0, 0.05) is 24.5 Å². The van der Waals surface area contributed by atoms with Crippen molar-refractivity contribution in [3.05, 3.63) is 83.9 Å².